The average molecular weight is 365 g/mol. The molecule has 6 nitrogen and oxygen atoms in total. The maximum absolute atomic E-state index is 9.01. The number of hydrogen-bond acceptors (Lipinski definition) is 7. The van der Waals surface area contributed by atoms with Crippen LogP contribution >= 0.6 is 11.3 Å². The largest absolute Gasteiger partial charge is 0.396 e. The van der Waals surface area contributed by atoms with Gasteiger partial charge in [0.2, 0.25) is 5.95 Å². The number of fused-ring (bicyclic) bond motifs is 2. The van der Waals surface area contributed by atoms with Crippen molar-refractivity contribution >= 4 is 49.9 Å². The van der Waals surface area contributed by atoms with E-state index in [2.05, 4.69) is 31.7 Å². The third kappa shape index (κ3) is 3.44. The van der Waals surface area contributed by atoms with Gasteiger partial charge < -0.3 is 15.7 Å². The van der Waals surface area contributed by atoms with Gasteiger partial charge in [-0.25, -0.2) is 9.97 Å². The summed E-state index contributed by atoms with van der Waals surface area (Å²) < 4.78 is 1.13. The third-order valence-electron chi connectivity index (χ3n) is 3.98. The van der Waals surface area contributed by atoms with Crippen LogP contribution in [0.4, 0.5) is 17.5 Å². The van der Waals surface area contributed by atoms with Crippen LogP contribution in [-0.4, -0.2) is 33.2 Å². The SMILES string of the molecule is Cc1nc2ccc(Nc3nc(NCCCO)c4ccccc4n3)cc2s1. The topological polar surface area (TPSA) is 83.0 Å². The number of rotatable bonds is 6. The lowest BCUT2D eigenvalue weighted by molar-refractivity contribution is 0.292. The van der Waals surface area contributed by atoms with Crippen molar-refractivity contribution in [3.63, 3.8) is 0 Å². The highest BCUT2D eigenvalue weighted by atomic mass is 32.1. The van der Waals surface area contributed by atoms with Gasteiger partial charge in [-0.3, -0.25) is 0 Å². The summed E-state index contributed by atoms with van der Waals surface area (Å²) in [6.45, 7) is 2.81. The fourth-order valence-electron chi connectivity index (χ4n) is 2.80. The van der Waals surface area contributed by atoms with Crippen molar-refractivity contribution in [3.05, 3.63) is 47.5 Å². The van der Waals surface area contributed by atoms with Crippen molar-refractivity contribution in [2.75, 3.05) is 23.8 Å². The number of para-hydroxylation sites is 1. The average Bonchev–Trinajstić information content (AvgIpc) is 3.01. The molecule has 0 spiro atoms. The summed E-state index contributed by atoms with van der Waals surface area (Å²) in [6, 6.07) is 13.9. The van der Waals surface area contributed by atoms with E-state index >= 15 is 0 Å². The molecule has 7 heteroatoms. The van der Waals surface area contributed by atoms with Crippen LogP contribution in [0.2, 0.25) is 0 Å². The van der Waals surface area contributed by atoms with Gasteiger partial charge in [0, 0.05) is 24.2 Å². The van der Waals surface area contributed by atoms with Gasteiger partial charge in [0.05, 0.1) is 20.7 Å². The molecule has 0 aliphatic heterocycles. The number of benzene rings is 2. The number of hydrogen-bond donors (Lipinski definition) is 3. The van der Waals surface area contributed by atoms with Crippen LogP contribution in [0.5, 0.6) is 0 Å². The molecule has 0 aliphatic rings. The van der Waals surface area contributed by atoms with E-state index in [9.17, 15) is 0 Å². The molecule has 2 aromatic carbocycles. The number of anilines is 3. The first-order chi connectivity index (χ1) is 12.7. The van der Waals surface area contributed by atoms with Crippen LogP contribution < -0.4 is 10.6 Å². The van der Waals surface area contributed by atoms with Crippen LogP contribution in [0.25, 0.3) is 21.1 Å². The number of nitrogens with zero attached hydrogens (tertiary/aromatic N) is 3. The predicted molar refractivity (Wildman–Crippen MR) is 107 cm³/mol. The van der Waals surface area contributed by atoms with E-state index in [1.165, 1.54) is 0 Å². The van der Waals surface area contributed by atoms with E-state index in [4.69, 9.17) is 5.11 Å². The summed E-state index contributed by atoms with van der Waals surface area (Å²) >= 11 is 1.67. The Morgan fingerprint density at radius 2 is 1.92 bits per heavy atom. The molecule has 0 aliphatic carbocycles. The zero-order valence-corrected chi connectivity index (χ0v) is 15.2. The van der Waals surface area contributed by atoms with Gasteiger partial charge in [0.15, 0.2) is 0 Å². The van der Waals surface area contributed by atoms with E-state index in [0.29, 0.717) is 18.9 Å². The second-order valence-corrected chi connectivity index (χ2v) is 7.19. The number of aryl methyl sites for hydroxylation is 1. The van der Waals surface area contributed by atoms with Gasteiger partial charge in [-0.2, -0.15) is 4.98 Å². The first-order valence-corrected chi connectivity index (χ1v) is 9.30. The number of aliphatic hydroxyl groups excluding tert-OH is 1. The molecule has 0 radical (unpaired) electrons. The second-order valence-electron chi connectivity index (χ2n) is 5.96. The highest BCUT2D eigenvalue weighted by Crippen LogP contribution is 2.27. The lowest BCUT2D eigenvalue weighted by Crippen LogP contribution is -2.08. The lowest BCUT2D eigenvalue weighted by Gasteiger charge is -2.11. The Labute approximate surface area is 155 Å². The minimum Gasteiger partial charge on any atom is -0.396 e. The summed E-state index contributed by atoms with van der Waals surface area (Å²) in [5.74, 6) is 1.30. The molecule has 0 saturated carbocycles. The van der Waals surface area contributed by atoms with Crippen LogP contribution in [-0.2, 0) is 0 Å². The number of thiazole rings is 1. The Morgan fingerprint density at radius 3 is 2.81 bits per heavy atom. The fraction of sp³-hybridized carbons (Fsp3) is 0.211. The summed E-state index contributed by atoms with van der Waals surface area (Å²) in [6.07, 6.45) is 0.669. The van der Waals surface area contributed by atoms with Gasteiger partial charge in [0.25, 0.3) is 0 Å². The standard InChI is InChI=1S/C19H19N5OS/c1-12-21-16-8-7-13(11-17(16)26-12)22-19-23-15-6-3-2-5-14(15)18(24-19)20-9-4-10-25/h2-3,5-8,11,25H,4,9-10H2,1H3,(H2,20,22,23,24). The molecule has 132 valence electrons. The maximum Gasteiger partial charge on any atom is 0.229 e. The summed E-state index contributed by atoms with van der Waals surface area (Å²) in [5, 5.41) is 17.6. The lowest BCUT2D eigenvalue weighted by atomic mass is 10.2. The Bertz CT molecular complexity index is 1060. The van der Waals surface area contributed by atoms with Crippen molar-refractivity contribution in [1.29, 1.82) is 0 Å². The van der Waals surface area contributed by atoms with Gasteiger partial charge >= 0.3 is 0 Å². The molecule has 2 heterocycles. The van der Waals surface area contributed by atoms with Crippen LogP contribution in [0, 0.1) is 6.92 Å². The first kappa shape index (κ1) is 16.7. The molecule has 0 amide bonds. The van der Waals surface area contributed by atoms with Crippen LogP contribution in [0.1, 0.15) is 11.4 Å². The van der Waals surface area contributed by atoms with Gasteiger partial charge in [-0.05, 0) is 43.7 Å². The molecule has 0 fully saturated rings. The molecule has 4 rings (SSSR count). The van der Waals surface area contributed by atoms with Gasteiger partial charge in [0.1, 0.15) is 5.82 Å². The van der Waals surface area contributed by atoms with E-state index in [-0.39, 0.29) is 6.61 Å². The van der Waals surface area contributed by atoms with Gasteiger partial charge in [-0.15, -0.1) is 11.3 Å². The van der Waals surface area contributed by atoms with Crippen molar-refractivity contribution < 1.29 is 5.11 Å². The molecular formula is C19H19N5OS. The molecule has 0 saturated heterocycles. The van der Waals surface area contributed by atoms with Crippen molar-refractivity contribution in [2.45, 2.75) is 13.3 Å². The van der Waals surface area contributed by atoms with Gasteiger partial charge in [-0.1, -0.05) is 12.1 Å². The predicted octanol–water partition coefficient (Wildman–Crippen LogP) is 4.09. The summed E-state index contributed by atoms with van der Waals surface area (Å²) in [4.78, 5) is 13.7. The molecule has 0 bridgehead atoms. The van der Waals surface area contributed by atoms with Crippen LogP contribution in [0.3, 0.4) is 0 Å². The first-order valence-electron chi connectivity index (χ1n) is 8.49. The second kappa shape index (κ2) is 7.23. The monoisotopic (exact) mass is 365 g/mol. The highest BCUT2D eigenvalue weighted by Gasteiger charge is 2.08. The fourth-order valence-corrected chi connectivity index (χ4v) is 3.67. The quantitative estimate of drug-likeness (QED) is 0.447. The van der Waals surface area contributed by atoms with Crippen molar-refractivity contribution in [1.82, 2.24) is 15.0 Å². The van der Waals surface area contributed by atoms with E-state index in [0.717, 1.165) is 37.6 Å². The Morgan fingerprint density at radius 1 is 1.04 bits per heavy atom. The zero-order chi connectivity index (χ0) is 17.9. The summed E-state index contributed by atoms with van der Waals surface area (Å²) in [5.41, 5.74) is 2.80. The molecule has 26 heavy (non-hydrogen) atoms. The van der Waals surface area contributed by atoms with Crippen molar-refractivity contribution in [3.8, 4) is 0 Å². The normalized spacial score (nSPS) is 11.2. The molecule has 0 unspecified atom stereocenters. The zero-order valence-electron chi connectivity index (χ0n) is 14.4. The smallest absolute Gasteiger partial charge is 0.229 e. The molecule has 4 aromatic rings. The van der Waals surface area contributed by atoms with Crippen LogP contribution in [0.15, 0.2) is 42.5 Å². The number of aliphatic hydroxyl groups is 1. The van der Waals surface area contributed by atoms with E-state index in [1.54, 1.807) is 11.3 Å². The Kier molecular flexibility index (Phi) is 4.64. The minimum atomic E-state index is 0.148. The third-order valence-corrected chi connectivity index (χ3v) is 4.92. The minimum absolute atomic E-state index is 0.148. The van der Waals surface area contributed by atoms with Crippen molar-refractivity contribution in [2.24, 2.45) is 0 Å². The summed E-state index contributed by atoms with van der Waals surface area (Å²) in [7, 11) is 0. The molecular weight excluding hydrogens is 346 g/mol. The van der Waals surface area contributed by atoms with E-state index in [1.807, 2.05) is 43.3 Å². The molecule has 0 atom stereocenters. The molecule has 2 aromatic heterocycles. The Hall–Kier alpha value is -2.77. The number of nitrogens with one attached hydrogen (secondary N) is 2. The highest BCUT2D eigenvalue weighted by molar-refractivity contribution is 7.18. The number of aromatic nitrogens is 3. The Balaban J connectivity index is 1.68. The van der Waals surface area contributed by atoms with E-state index < -0.39 is 0 Å². The maximum atomic E-state index is 9.01. The molecule has 3 N–H and O–H groups in total.